The van der Waals surface area contributed by atoms with Gasteiger partial charge in [0.25, 0.3) is 0 Å². The van der Waals surface area contributed by atoms with E-state index in [1.54, 1.807) is 0 Å². The molecule has 0 N–H and O–H groups in total. The van der Waals surface area contributed by atoms with Crippen LogP contribution in [0.4, 0.5) is 0 Å². The molecular formula is C10H21N. The number of likely N-dealkylation sites (tertiary alicyclic amines) is 1. The maximum absolute atomic E-state index is 2.50. The van der Waals surface area contributed by atoms with Crippen molar-refractivity contribution in [2.24, 2.45) is 5.92 Å². The molecule has 0 aromatic heterocycles. The predicted octanol–water partition coefficient (Wildman–Crippen LogP) is 2.52. The summed E-state index contributed by atoms with van der Waals surface area (Å²) in [5.41, 5.74) is 0. The van der Waals surface area contributed by atoms with E-state index >= 15 is 0 Å². The normalized spacial score (nSPS) is 35.2. The van der Waals surface area contributed by atoms with E-state index in [-0.39, 0.29) is 0 Å². The Bertz CT molecular complexity index is 99.4. The topological polar surface area (TPSA) is 3.24 Å². The summed E-state index contributed by atoms with van der Waals surface area (Å²) in [6.45, 7) is 5.97. The quantitative estimate of drug-likeness (QED) is 0.562. The second-order valence-electron chi connectivity index (χ2n) is 3.97. The Morgan fingerprint density at radius 3 is 2.64 bits per heavy atom. The molecule has 0 spiro atoms. The highest BCUT2D eigenvalue weighted by Crippen LogP contribution is 2.22. The monoisotopic (exact) mass is 155 g/mol. The van der Waals surface area contributed by atoms with E-state index in [9.17, 15) is 0 Å². The Morgan fingerprint density at radius 2 is 2.00 bits per heavy atom. The van der Waals surface area contributed by atoms with Crippen molar-refractivity contribution in [1.82, 2.24) is 4.90 Å². The van der Waals surface area contributed by atoms with Crippen LogP contribution in [-0.2, 0) is 0 Å². The summed E-state index contributed by atoms with van der Waals surface area (Å²) >= 11 is 0. The minimum atomic E-state index is 0.812. The molecule has 0 bridgehead atoms. The zero-order valence-electron chi connectivity index (χ0n) is 8.14. The van der Waals surface area contributed by atoms with Crippen LogP contribution >= 0.6 is 0 Å². The highest BCUT2D eigenvalue weighted by atomic mass is 15.1. The lowest BCUT2D eigenvalue weighted by Gasteiger charge is -2.20. The zero-order chi connectivity index (χ0) is 8.27. The van der Waals surface area contributed by atoms with Gasteiger partial charge in [0.15, 0.2) is 0 Å². The van der Waals surface area contributed by atoms with Crippen molar-refractivity contribution >= 4 is 0 Å². The molecule has 0 radical (unpaired) electrons. The third kappa shape index (κ3) is 2.48. The number of hydrogen-bond acceptors (Lipinski definition) is 1. The fourth-order valence-corrected chi connectivity index (χ4v) is 1.86. The second-order valence-corrected chi connectivity index (χ2v) is 3.97. The standard InChI is InChI=1S/C10H21N/c1-4-10-6-5-9(2)11(3)8-7-10/h9-10H,4-8H2,1-3H3. The molecule has 1 rings (SSSR count). The van der Waals surface area contributed by atoms with Gasteiger partial charge in [-0.2, -0.15) is 0 Å². The minimum absolute atomic E-state index is 0.812. The van der Waals surface area contributed by atoms with Crippen LogP contribution in [0.2, 0.25) is 0 Å². The largest absolute Gasteiger partial charge is 0.304 e. The molecule has 0 aliphatic carbocycles. The minimum Gasteiger partial charge on any atom is -0.304 e. The summed E-state index contributed by atoms with van der Waals surface area (Å²) in [5.74, 6) is 1.00. The van der Waals surface area contributed by atoms with Gasteiger partial charge in [-0.3, -0.25) is 0 Å². The fraction of sp³-hybridized carbons (Fsp3) is 1.00. The summed E-state index contributed by atoms with van der Waals surface area (Å²) in [4.78, 5) is 2.50. The SMILES string of the molecule is CCC1CCC(C)N(C)CC1. The molecule has 1 nitrogen and oxygen atoms in total. The first-order valence-corrected chi connectivity index (χ1v) is 4.94. The van der Waals surface area contributed by atoms with Crippen LogP contribution in [0.25, 0.3) is 0 Å². The first-order valence-electron chi connectivity index (χ1n) is 4.94. The highest BCUT2D eigenvalue weighted by molar-refractivity contribution is 4.72. The lowest BCUT2D eigenvalue weighted by Crippen LogP contribution is -2.27. The van der Waals surface area contributed by atoms with Crippen LogP contribution in [0.1, 0.15) is 39.5 Å². The van der Waals surface area contributed by atoms with Crippen LogP contribution in [0.5, 0.6) is 0 Å². The van der Waals surface area contributed by atoms with Gasteiger partial charge in [0.2, 0.25) is 0 Å². The molecule has 1 aliphatic heterocycles. The fourth-order valence-electron chi connectivity index (χ4n) is 1.86. The Balaban J connectivity index is 2.38. The van der Waals surface area contributed by atoms with E-state index < -0.39 is 0 Å². The highest BCUT2D eigenvalue weighted by Gasteiger charge is 2.17. The molecule has 1 heterocycles. The van der Waals surface area contributed by atoms with Gasteiger partial charge in [-0.15, -0.1) is 0 Å². The van der Waals surface area contributed by atoms with Gasteiger partial charge in [0.05, 0.1) is 0 Å². The van der Waals surface area contributed by atoms with Gasteiger partial charge >= 0.3 is 0 Å². The Kier molecular flexibility index (Phi) is 3.38. The lowest BCUT2D eigenvalue weighted by atomic mass is 9.97. The van der Waals surface area contributed by atoms with Gasteiger partial charge in [-0.05, 0) is 45.7 Å². The van der Waals surface area contributed by atoms with E-state index in [2.05, 4.69) is 25.8 Å². The average molecular weight is 155 g/mol. The van der Waals surface area contributed by atoms with Gasteiger partial charge in [0.1, 0.15) is 0 Å². The molecule has 0 aromatic rings. The van der Waals surface area contributed by atoms with E-state index in [1.165, 1.54) is 32.2 Å². The second kappa shape index (κ2) is 4.10. The van der Waals surface area contributed by atoms with Crippen LogP contribution in [0.3, 0.4) is 0 Å². The van der Waals surface area contributed by atoms with Crippen molar-refractivity contribution in [3.8, 4) is 0 Å². The van der Waals surface area contributed by atoms with E-state index in [0.29, 0.717) is 0 Å². The Labute approximate surface area is 70.8 Å². The molecule has 0 aromatic carbocycles. The maximum atomic E-state index is 2.50. The Hall–Kier alpha value is -0.0400. The molecule has 1 fully saturated rings. The summed E-state index contributed by atoms with van der Waals surface area (Å²) in [6, 6.07) is 0.812. The molecule has 2 atom stereocenters. The van der Waals surface area contributed by atoms with Crippen molar-refractivity contribution in [3.63, 3.8) is 0 Å². The van der Waals surface area contributed by atoms with Crippen LogP contribution < -0.4 is 0 Å². The van der Waals surface area contributed by atoms with Crippen molar-refractivity contribution in [1.29, 1.82) is 0 Å². The zero-order valence-corrected chi connectivity index (χ0v) is 8.14. The average Bonchev–Trinajstić information content (AvgIpc) is 2.16. The molecular weight excluding hydrogens is 134 g/mol. The smallest absolute Gasteiger partial charge is 0.00639 e. The van der Waals surface area contributed by atoms with Crippen molar-refractivity contribution in [2.75, 3.05) is 13.6 Å². The number of nitrogens with zero attached hydrogens (tertiary/aromatic N) is 1. The summed E-state index contributed by atoms with van der Waals surface area (Å²) < 4.78 is 0. The molecule has 1 aliphatic rings. The third-order valence-electron chi connectivity index (χ3n) is 3.21. The van der Waals surface area contributed by atoms with Crippen molar-refractivity contribution < 1.29 is 0 Å². The first kappa shape index (κ1) is 9.05. The van der Waals surface area contributed by atoms with Gasteiger partial charge in [0, 0.05) is 6.04 Å². The predicted molar refractivity (Wildman–Crippen MR) is 49.7 cm³/mol. The molecule has 11 heavy (non-hydrogen) atoms. The Morgan fingerprint density at radius 1 is 1.27 bits per heavy atom. The lowest BCUT2D eigenvalue weighted by molar-refractivity contribution is 0.263. The number of hydrogen-bond donors (Lipinski definition) is 0. The maximum Gasteiger partial charge on any atom is 0.00639 e. The summed E-state index contributed by atoms with van der Waals surface area (Å²) in [7, 11) is 2.25. The van der Waals surface area contributed by atoms with E-state index in [0.717, 1.165) is 12.0 Å². The third-order valence-corrected chi connectivity index (χ3v) is 3.21. The van der Waals surface area contributed by atoms with Crippen LogP contribution in [0, 0.1) is 5.92 Å². The van der Waals surface area contributed by atoms with Crippen molar-refractivity contribution in [3.05, 3.63) is 0 Å². The van der Waals surface area contributed by atoms with Crippen LogP contribution in [0.15, 0.2) is 0 Å². The molecule has 1 saturated heterocycles. The van der Waals surface area contributed by atoms with Gasteiger partial charge in [-0.25, -0.2) is 0 Å². The van der Waals surface area contributed by atoms with Gasteiger partial charge in [-0.1, -0.05) is 13.3 Å². The summed E-state index contributed by atoms with van der Waals surface area (Å²) in [5, 5.41) is 0. The van der Waals surface area contributed by atoms with Crippen LogP contribution in [-0.4, -0.2) is 24.5 Å². The first-order chi connectivity index (χ1) is 5.24. The summed E-state index contributed by atoms with van der Waals surface area (Å²) in [6.07, 6.45) is 5.63. The number of rotatable bonds is 1. The molecule has 66 valence electrons. The van der Waals surface area contributed by atoms with Gasteiger partial charge < -0.3 is 4.90 Å². The molecule has 1 heteroatoms. The molecule has 2 unspecified atom stereocenters. The molecule has 0 saturated carbocycles. The molecule has 0 amide bonds. The van der Waals surface area contributed by atoms with E-state index in [1.807, 2.05) is 0 Å². The van der Waals surface area contributed by atoms with Crippen molar-refractivity contribution in [2.45, 2.75) is 45.6 Å². The van der Waals surface area contributed by atoms with E-state index in [4.69, 9.17) is 0 Å².